The summed E-state index contributed by atoms with van der Waals surface area (Å²) in [5.41, 5.74) is 2.63. The summed E-state index contributed by atoms with van der Waals surface area (Å²) in [5, 5.41) is 24.5. The van der Waals surface area contributed by atoms with Gasteiger partial charge >= 0.3 is 0 Å². The topological polar surface area (TPSA) is 118 Å². The molecule has 2 N–H and O–H groups in total. The number of nitro groups is 1. The molecule has 130 valence electrons. The minimum absolute atomic E-state index is 0.0711. The van der Waals surface area contributed by atoms with Gasteiger partial charge in [-0.1, -0.05) is 24.3 Å². The largest absolute Gasteiger partial charge is 0.507 e. The highest BCUT2D eigenvalue weighted by atomic mass is 16.6. The van der Waals surface area contributed by atoms with Gasteiger partial charge in [0.1, 0.15) is 17.3 Å². The van der Waals surface area contributed by atoms with E-state index in [-0.39, 0.29) is 17.0 Å². The molecule has 3 aromatic rings. The minimum atomic E-state index is -0.579. The Kier molecular flexibility index (Phi) is 4.75. The molecule has 1 aromatic heterocycles. The number of nitro benzene ring substituents is 1. The summed E-state index contributed by atoms with van der Waals surface area (Å²) in [6.07, 6.45) is 1.26. The van der Waals surface area contributed by atoms with Crippen LogP contribution in [0.5, 0.6) is 5.75 Å². The predicted octanol–water partition coefficient (Wildman–Crippen LogP) is 3.32. The molecule has 1 amide bonds. The number of furan rings is 1. The number of hydrazone groups is 1. The Hall–Kier alpha value is -3.94. The van der Waals surface area contributed by atoms with E-state index in [0.717, 1.165) is 0 Å². The maximum atomic E-state index is 11.9. The molecule has 0 spiro atoms. The highest BCUT2D eigenvalue weighted by Crippen LogP contribution is 2.30. The first-order valence-electron chi connectivity index (χ1n) is 7.51. The lowest BCUT2D eigenvalue weighted by Gasteiger charge is -2.01. The second kappa shape index (κ2) is 7.31. The molecule has 2 aromatic carbocycles. The lowest BCUT2D eigenvalue weighted by molar-refractivity contribution is -0.384. The van der Waals surface area contributed by atoms with Gasteiger partial charge in [-0.15, -0.1) is 0 Å². The van der Waals surface area contributed by atoms with Crippen molar-refractivity contribution in [1.29, 1.82) is 0 Å². The second-order valence-electron chi connectivity index (χ2n) is 5.19. The van der Waals surface area contributed by atoms with Crippen LogP contribution in [0.4, 0.5) is 5.69 Å². The smallest absolute Gasteiger partial charge is 0.280 e. The van der Waals surface area contributed by atoms with Gasteiger partial charge in [0.15, 0.2) is 0 Å². The fraction of sp³-hybridized carbons (Fsp3) is 0. The number of hydrogen-bond donors (Lipinski definition) is 2. The molecule has 26 heavy (non-hydrogen) atoms. The number of nitrogens with zero attached hydrogens (tertiary/aromatic N) is 2. The summed E-state index contributed by atoms with van der Waals surface area (Å²) < 4.78 is 5.52. The van der Waals surface area contributed by atoms with Crippen LogP contribution in [0.1, 0.15) is 16.1 Å². The third-order valence-corrected chi connectivity index (χ3v) is 3.50. The van der Waals surface area contributed by atoms with E-state index < -0.39 is 10.8 Å². The van der Waals surface area contributed by atoms with E-state index >= 15 is 0 Å². The molecular formula is C18H13N3O5. The van der Waals surface area contributed by atoms with Crippen molar-refractivity contribution in [2.45, 2.75) is 0 Å². The number of amides is 1. The molecule has 0 aliphatic rings. The molecular weight excluding hydrogens is 338 g/mol. The molecule has 0 bridgehead atoms. The molecule has 0 fully saturated rings. The van der Waals surface area contributed by atoms with Gasteiger partial charge in [-0.3, -0.25) is 14.9 Å². The van der Waals surface area contributed by atoms with E-state index in [4.69, 9.17) is 4.42 Å². The van der Waals surface area contributed by atoms with Crippen LogP contribution in [0.25, 0.3) is 11.3 Å². The predicted molar refractivity (Wildman–Crippen MR) is 94.0 cm³/mol. The molecule has 8 nitrogen and oxygen atoms in total. The monoisotopic (exact) mass is 351 g/mol. The number of phenols is 1. The van der Waals surface area contributed by atoms with E-state index in [0.29, 0.717) is 17.1 Å². The summed E-state index contributed by atoms with van der Waals surface area (Å²) in [5.74, 6) is -0.122. The first-order chi connectivity index (χ1) is 12.6. The second-order valence-corrected chi connectivity index (χ2v) is 5.19. The molecule has 0 unspecified atom stereocenters. The molecule has 3 rings (SSSR count). The van der Waals surface area contributed by atoms with Crippen molar-refractivity contribution in [2.75, 3.05) is 0 Å². The third kappa shape index (κ3) is 3.59. The van der Waals surface area contributed by atoms with E-state index in [1.54, 1.807) is 42.5 Å². The quantitative estimate of drug-likeness (QED) is 0.415. The van der Waals surface area contributed by atoms with E-state index in [9.17, 15) is 20.0 Å². The minimum Gasteiger partial charge on any atom is -0.507 e. The van der Waals surface area contributed by atoms with Crippen molar-refractivity contribution >= 4 is 17.8 Å². The van der Waals surface area contributed by atoms with Crippen LogP contribution in [0.2, 0.25) is 0 Å². The van der Waals surface area contributed by atoms with Gasteiger partial charge in [0.2, 0.25) is 0 Å². The number of aromatic hydroxyl groups is 1. The van der Waals surface area contributed by atoms with Crippen molar-refractivity contribution in [2.24, 2.45) is 5.10 Å². The van der Waals surface area contributed by atoms with Crippen molar-refractivity contribution in [3.05, 3.63) is 82.1 Å². The van der Waals surface area contributed by atoms with Crippen molar-refractivity contribution < 1.29 is 19.2 Å². The zero-order chi connectivity index (χ0) is 18.5. The number of phenolic OH excluding ortho intramolecular Hbond substituents is 1. The lowest BCUT2D eigenvalue weighted by atomic mass is 10.1. The standard InChI is InChI=1S/C18H13N3O5/c22-16-8-4-2-6-14(16)18(23)20-19-11-12-9-10-17(26-12)13-5-1-3-7-15(13)21(24)25/h1-11,22H,(H,20,23)/b19-11+. The Morgan fingerprint density at radius 2 is 1.85 bits per heavy atom. The zero-order valence-electron chi connectivity index (χ0n) is 13.3. The number of carbonyl (C=O) groups excluding carboxylic acids is 1. The first-order valence-corrected chi connectivity index (χ1v) is 7.51. The van der Waals surface area contributed by atoms with Crippen LogP contribution in [0, 0.1) is 10.1 Å². The van der Waals surface area contributed by atoms with Crippen LogP contribution in [-0.4, -0.2) is 22.2 Å². The van der Waals surface area contributed by atoms with Gasteiger partial charge in [-0.05, 0) is 30.3 Å². The van der Waals surface area contributed by atoms with E-state index in [2.05, 4.69) is 10.5 Å². The molecule has 1 heterocycles. The Bertz CT molecular complexity index is 994. The van der Waals surface area contributed by atoms with Crippen LogP contribution in [0.15, 0.2) is 70.2 Å². The third-order valence-electron chi connectivity index (χ3n) is 3.50. The molecule has 0 aliphatic heterocycles. The lowest BCUT2D eigenvalue weighted by Crippen LogP contribution is -2.17. The Morgan fingerprint density at radius 1 is 1.12 bits per heavy atom. The van der Waals surface area contributed by atoms with Crippen LogP contribution >= 0.6 is 0 Å². The van der Waals surface area contributed by atoms with Crippen LogP contribution in [0.3, 0.4) is 0 Å². The molecule has 0 atom stereocenters. The van der Waals surface area contributed by atoms with Gasteiger partial charge < -0.3 is 9.52 Å². The normalized spacial score (nSPS) is 10.8. The highest BCUT2D eigenvalue weighted by molar-refractivity contribution is 5.97. The number of benzene rings is 2. The maximum Gasteiger partial charge on any atom is 0.280 e. The highest BCUT2D eigenvalue weighted by Gasteiger charge is 2.16. The summed E-state index contributed by atoms with van der Waals surface area (Å²) in [6, 6.07) is 15.4. The van der Waals surface area contributed by atoms with Gasteiger partial charge in [0, 0.05) is 6.07 Å². The fourth-order valence-electron chi connectivity index (χ4n) is 2.29. The number of nitrogens with one attached hydrogen (secondary N) is 1. The number of para-hydroxylation sites is 2. The van der Waals surface area contributed by atoms with Gasteiger partial charge in [0.25, 0.3) is 11.6 Å². The van der Waals surface area contributed by atoms with Crippen LogP contribution < -0.4 is 5.43 Å². The molecule has 0 aliphatic carbocycles. The Labute approximate surface area is 147 Å². The molecule has 8 heteroatoms. The molecule has 0 saturated carbocycles. The SMILES string of the molecule is O=C(N/N=C/c1ccc(-c2ccccc2[N+](=O)[O-])o1)c1ccccc1O. The Balaban J connectivity index is 1.73. The average Bonchev–Trinajstić information content (AvgIpc) is 3.10. The average molecular weight is 351 g/mol. The van der Waals surface area contributed by atoms with Crippen LogP contribution in [-0.2, 0) is 0 Å². The van der Waals surface area contributed by atoms with Crippen molar-refractivity contribution in [3.8, 4) is 17.1 Å². The molecule has 0 saturated heterocycles. The summed E-state index contributed by atoms with van der Waals surface area (Å²) in [4.78, 5) is 22.5. The van der Waals surface area contributed by atoms with Crippen molar-refractivity contribution in [3.63, 3.8) is 0 Å². The van der Waals surface area contributed by atoms with E-state index in [1.165, 1.54) is 24.4 Å². The maximum absolute atomic E-state index is 11.9. The molecule has 0 radical (unpaired) electrons. The van der Waals surface area contributed by atoms with Gasteiger partial charge in [-0.25, -0.2) is 5.43 Å². The summed E-state index contributed by atoms with van der Waals surface area (Å²) in [7, 11) is 0. The summed E-state index contributed by atoms with van der Waals surface area (Å²) in [6.45, 7) is 0. The van der Waals surface area contributed by atoms with Gasteiger partial charge in [0.05, 0.1) is 22.3 Å². The fourth-order valence-corrected chi connectivity index (χ4v) is 2.29. The number of hydrogen-bond acceptors (Lipinski definition) is 6. The van der Waals surface area contributed by atoms with Crippen molar-refractivity contribution in [1.82, 2.24) is 5.43 Å². The number of rotatable bonds is 5. The van der Waals surface area contributed by atoms with Gasteiger partial charge in [-0.2, -0.15) is 5.10 Å². The zero-order valence-corrected chi connectivity index (χ0v) is 13.3. The number of carbonyl (C=O) groups is 1. The van der Waals surface area contributed by atoms with E-state index in [1.807, 2.05) is 0 Å². The summed E-state index contributed by atoms with van der Waals surface area (Å²) >= 11 is 0. The Morgan fingerprint density at radius 3 is 2.62 bits per heavy atom. The first kappa shape index (κ1) is 16.9.